The maximum atomic E-state index is 10.2. The van der Waals surface area contributed by atoms with Gasteiger partial charge in [-0.3, -0.25) is 0 Å². The van der Waals surface area contributed by atoms with E-state index in [4.69, 9.17) is 10.2 Å². The SMILES string of the molecule is CCCCCCC=CC(O)C(=O)O. The van der Waals surface area contributed by atoms with Gasteiger partial charge < -0.3 is 10.2 Å². The zero-order chi connectivity index (χ0) is 10.1. The molecule has 2 N–H and O–H groups in total. The van der Waals surface area contributed by atoms with Gasteiger partial charge in [0.2, 0.25) is 0 Å². The molecule has 0 aliphatic rings. The molecule has 0 aliphatic carbocycles. The fraction of sp³-hybridized carbons (Fsp3) is 0.700. The molecule has 3 heteroatoms. The third kappa shape index (κ3) is 7.53. The van der Waals surface area contributed by atoms with Crippen LogP contribution in [0.5, 0.6) is 0 Å². The first-order valence-electron chi connectivity index (χ1n) is 4.76. The summed E-state index contributed by atoms with van der Waals surface area (Å²) >= 11 is 0. The van der Waals surface area contributed by atoms with Crippen molar-refractivity contribution in [3.05, 3.63) is 12.2 Å². The van der Waals surface area contributed by atoms with Crippen molar-refractivity contribution in [2.75, 3.05) is 0 Å². The summed E-state index contributed by atoms with van der Waals surface area (Å²) in [4.78, 5) is 10.2. The molecule has 1 unspecified atom stereocenters. The Labute approximate surface area is 79.1 Å². The van der Waals surface area contributed by atoms with Gasteiger partial charge in [0, 0.05) is 0 Å². The molecule has 76 valence electrons. The molecule has 0 radical (unpaired) electrons. The van der Waals surface area contributed by atoms with Crippen LogP contribution in [0.15, 0.2) is 12.2 Å². The Morgan fingerprint density at radius 2 is 2.08 bits per heavy atom. The van der Waals surface area contributed by atoms with E-state index in [1.807, 2.05) is 0 Å². The topological polar surface area (TPSA) is 57.5 Å². The van der Waals surface area contributed by atoms with Crippen molar-refractivity contribution in [1.82, 2.24) is 0 Å². The van der Waals surface area contributed by atoms with Crippen LogP contribution in [-0.2, 0) is 4.79 Å². The van der Waals surface area contributed by atoms with Gasteiger partial charge in [-0.2, -0.15) is 0 Å². The lowest BCUT2D eigenvalue weighted by Gasteiger charge is -1.97. The standard InChI is InChI=1S/C10H18O3/c1-2-3-4-5-6-7-8-9(11)10(12)13/h7-9,11H,2-6H2,1H3,(H,12,13). The predicted octanol–water partition coefficient (Wildman–Crippen LogP) is 1.96. The van der Waals surface area contributed by atoms with Crippen LogP contribution >= 0.6 is 0 Å². The number of aliphatic carboxylic acids is 1. The first kappa shape index (κ1) is 12.2. The van der Waals surface area contributed by atoms with Crippen LogP contribution in [0.4, 0.5) is 0 Å². The van der Waals surface area contributed by atoms with E-state index >= 15 is 0 Å². The van der Waals surface area contributed by atoms with Gasteiger partial charge >= 0.3 is 5.97 Å². The van der Waals surface area contributed by atoms with Crippen molar-refractivity contribution in [3.63, 3.8) is 0 Å². The fourth-order valence-corrected chi connectivity index (χ4v) is 0.996. The Morgan fingerprint density at radius 3 is 2.62 bits per heavy atom. The van der Waals surface area contributed by atoms with Crippen molar-refractivity contribution in [1.29, 1.82) is 0 Å². The maximum absolute atomic E-state index is 10.2. The molecule has 0 aromatic heterocycles. The van der Waals surface area contributed by atoms with E-state index in [0.29, 0.717) is 0 Å². The maximum Gasteiger partial charge on any atom is 0.336 e. The second-order valence-corrected chi connectivity index (χ2v) is 3.06. The van der Waals surface area contributed by atoms with Crippen molar-refractivity contribution >= 4 is 5.97 Å². The second kappa shape index (κ2) is 7.80. The minimum absolute atomic E-state index is 0.852. The third-order valence-electron chi connectivity index (χ3n) is 1.80. The summed E-state index contributed by atoms with van der Waals surface area (Å²) < 4.78 is 0. The summed E-state index contributed by atoms with van der Waals surface area (Å²) in [5, 5.41) is 17.2. The van der Waals surface area contributed by atoms with Crippen LogP contribution in [0.25, 0.3) is 0 Å². The molecule has 0 aromatic rings. The van der Waals surface area contributed by atoms with Crippen LogP contribution in [0.1, 0.15) is 39.0 Å². The number of carboxylic acid groups (broad SMARTS) is 1. The van der Waals surface area contributed by atoms with E-state index in [2.05, 4.69) is 6.92 Å². The highest BCUT2D eigenvalue weighted by Crippen LogP contribution is 2.03. The molecule has 0 spiro atoms. The van der Waals surface area contributed by atoms with Crippen molar-refractivity contribution in [3.8, 4) is 0 Å². The number of aliphatic hydroxyl groups excluding tert-OH is 1. The molecular formula is C10H18O3. The molecular weight excluding hydrogens is 168 g/mol. The molecule has 0 aromatic carbocycles. The normalized spacial score (nSPS) is 13.4. The number of carboxylic acids is 1. The molecule has 1 atom stereocenters. The molecule has 0 bridgehead atoms. The molecule has 3 nitrogen and oxygen atoms in total. The smallest absolute Gasteiger partial charge is 0.336 e. The molecule has 0 saturated heterocycles. The van der Waals surface area contributed by atoms with E-state index in [-0.39, 0.29) is 0 Å². The summed E-state index contributed by atoms with van der Waals surface area (Å²) in [7, 11) is 0. The van der Waals surface area contributed by atoms with Gasteiger partial charge in [0.15, 0.2) is 6.10 Å². The Morgan fingerprint density at radius 1 is 1.38 bits per heavy atom. The Balaban J connectivity index is 3.35. The summed E-state index contributed by atoms with van der Waals surface area (Å²) in [6.07, 6.45) is 7.22. The van der Waals surface area contributed by atoms with Gasteiger partial charge in [0.1, 0.15) is 0 Å². The molecule has 0 amide bonds. The largest absolute Gasteiger partial charge is 0.479 e. The minimum atomic E-state index is -1.34. The number of hydrogen-bond acceptors (Lipinski definition) is 2. The van der Waals surface area contributed by atoms with Crippen LogP contribution in [0.2, 0.25) is 0 Å². The van der Waals surface area contributed by atoms with Gasteiger partial charge in [-0.15, -0.1) is 0 Å². The molecule has 0 fully saturated rings. The highest BCUT2D eigenvalue weighted by atomic mass is 16.4. The van der Waals surface area contributed by atoms with Crippen LogP contribution in [0.3, 0.4) is 0 Å². The molecule has 0 saturated carbocycles. The van der Waals surface area contributed by atoms with Gasteiger partial charge in [-0.25, -0.2) is 4.79 Å². The zero-order valence-corrected chi connectivity index (χ0v) is 8.07. The fourth-order valence-electron chi connectivity index (χ4n) is 0.996. The summed E-state index contributed by atoms with van der Waals surface area (Å²) in [6, 6.07) is 0. The lowest BCUT2D eigenvalue weighted by Crippen LogP contribution is -2.15. The van der Waals surface area contributed by atoms with E-state index in [1.54, 1.807) is 6.08 Å². The Bertz CT molecular complexity index is 164. The Hall–Kier alpha value is -0.830. The lowest BCUT2D eigenvalue weighted by molar-refractivity contribution is -0.144. The van der Waals surface area contributed by atoms with Gasteiger partial charge in [-0.05, 0) is 18.9 Å². The highest BCUT2D eigenvalue weighted by Gasteiger charge is 2.06. The highest BCUT2D eigenvalue weighted by molar-refractivity contribution is 5.74. The number of rotatable bonds is 7. The van der Waals surface area contributed by atoms with E-state index < -0.39 is 12.1 Å². The Kier molecular flexibility index (Phi) is 7.30. The zero-order valence-electron chi connectivity index (χ0n) is 8.07. The summed E-state index contributed by atoms with van der Waals surface area (Å²) in [5.74, 6) is -1.19. The molecule has 0 heterocycles. The van der Waals surface area contributed by atoms with Crippen molar-refractivity contribution < 1.29 is 15.0 Å². The van der Waals surface area contributed by atoms with E-state index in [9.17, 15) is 4.79 Å². The van der Waals surface area contributed by atoms with Crippen LogP contribution < -0.4 is 0 Å². The average Bonchev–Trinajstić information content (AvgIpc) is 2.10. The number of allylic oxidation sites excluding steroid dienone is 1. The number of carbonyl (C=O) groups is 1. The number of unbranched alkanes of at least 4 members (excludes halogenated alkanes) is 4. The average molecular weight is 186 g/mol. The molecule has 0 rings (SSSR count). The second-order valence-electron chi connectivity index (χ2n) is 3.06. The quantitative estimate of drug-likeness (QED) is 0.472. The van der Waals surface area contributed by atoms with Gasteiger partial charge in [0.25, 0.3) is 0 Å². The molecule has 13 heavy (non-hydrogen) atoms. The first-order chi connectivity index (χ1) is 6.18. The van der Waals surface area contributed by atoms with E-state index in [0.717, 1.165) is 12.8 Å². The first-order valence-corrected chi connectivity index (χ1v) is 4.76. The molecule has 0 aliphatic heterocycles. The monoisotopic (exact) mass is 186 g/mol. The predicted molar refractivity (Wildman–Crippen MR) is 51.5 cm³/mol. The summed E-state index contributed by atoms with van der Waals surface area (Å²) in [5.41, 5.74) is 0. The van der Waals surface area contributed by atoms with Crippen molar-refractivity contribution in [2.24, 2.45) is 0 Å². The lowest BCUT2D eigenvalue weighted by atomic mass is 10.1. The summed E-state index contributed by atoms with van der Waals surface area (Å²) in [6.45, 7) is 2.14. The minimum Gasteiger partial charge on any atom is -0.479 e. The van der Waals surface area contributed by atoms with Gasteiger partial charge in [0.05, 0.1) is 0 Å². The van der Waals surface area contributed by atoms with Crippen molar-refractivity contribution in [2.45, 2.75) is 45.1 Å². The number of aliphatic hydroxyl groups is 1. The van der Waals surface area contributed by atoms with Crippen LogP contribution in [0, 0.1) is 0 Å². The van der Waals surface area contributed by atoms with Crippen LogP contribution in [-0.4, -0.2) is 22.3 Å². The van der Waals surface area contributed by atoms with E-state index in [1.165, 1.54) is 25.3 Å². The third-order valence-corrected chi connectivity index (χ3v) is 1.80. The van der Waals surface area contributed by atoms with Gasteiger partial charge in [-0.1, -0.05) is 32.3 Å². The number of hydrogen-bond donors (Lipinski definition) is 2.